The van der Waals surface area contributed by atoms with Crippen LogP contribution in [0.15, 0.2) is 48.0 Å². The maximum absolute atomic E-state index is 14.1. The second kappa shape index (κ2) is 8.48. The second-order valence-electron chi connectivity index (χ2n) is 6.84. The van der Waals surface area contributed by atoms with Crippen LogP contribution in [0.5, 0.6) is 0 Å². The molecule has 152 valence electrons. The van der Waals surface area contributed by atoms with Crippen molar-refractivity contribution in [3.8, 4) is 0 Å². The highest BCUT2D eigenvalue weighted by atomic mass is 19.2. The summed E-state index contributed by atoms with van der Waals surface area (Å²) in [4.78, 5) is 24.3. The first kappa shape index (κ1) is 20.6. The van der Waals surface area contributed by atoms with Crippen molar-refractivity contribution in [3.05, 3.63) is 76.6 Å². The Labute approximate surface area is 165 Å². The van der Waals surface area contributed by atoms with Crippen molar-refractivity contribution in [2.75, 3.05) is 12.4 Å². The van der Waals surface area contributed by atoms with Gasteiger partial charge in [-0.1, -0.05) is 12.1 Å². The Balaban J connectivity index is 1.74. The minimum absolute atomic E-state index is 0.00890. The second-order valence-corrected chi connectivity index (χ2v) is 6.84. The zero-order chi connectivity index (χ0) is 21.1. The van der Waals surface area contributed by atoms with Gasteiger partial charge in [-0.25, -0.2) is 13.2 Å². The van der Waals surface area contributed by atoms with Gasteiger partial charge in [0, 0.05) is 41.9 Å². The zero-order valence-corrected chi connectivity index (χ0v) is 15.6. The molecule has 0 aliphatic heterocycles. The Morgan fingerprint density at radius 3 is 2.45 bits per heavy atom. The number of allylic oxidation sites excluding steroid dienone is 1. The van der Waals surface area contributed by atoms with E-state index in [1.54, 1.807) is 30.3 Å². The molecular formula is C21H20F3N3O2. The van der Waals surface area contributed by atoms with Crippen LogP contribution in [-0.4, -0.2) is 24.9 Å². The number of hydrogen-bond donors (Lipinski definition) is 3. The van der Waals surface area contributed by atoms with Crippen LogP contribution in [0, 0.1) is 17.5 Å². The molecule has 29 heavy (non-hydrogen) atoms. The molecule has 5 nitrogen and oxygen atoms in total. The van der Waals surface area contributed by atoms with E-state index in [1.807, 2.05) is 0 Å². The minimum Gasteiger partial charge on any atom is -0.355 e. The number of nitrogens with one attached hydrogen (secondary N) is 2. The highest BCUT2D eigenvalue weighted by molar-refractivity contribution is 6.04. The summed E-state index contributed by atoms with van der Waals surface area (Å²) in [5.74, 6) is -4.51. The quantitative estimate of drug-likeness (QED) is 0.686. The van der Waals surface area contributed by atoms with Gasteiger partial charge in [0.25, 0.3) is 11.8 Å². The van der Waals surface area contributed by atoms with E-state index in [9.17, 15) is 22.8 Å². The predicted molar refractivity (Wildman–Crippen MR) is 103 cm³/mol. The third kappa shape index (κ3) is 4.48. The molecule has 2 amide bonds. The van der Waals surface area contributed by atoms with Crippen LogP contribution in [0.25, 0.3) is 0 Å². The van der Waals surface area contributed by atoms with Gasteiger partial charge >= 0.3 is 0 Å². The van der Waals surface area contributed by atoms with Gasteiger partial charge < -0.3 is 16.4 Å². The molecule has 0 fully saturated rings. The molecule has 0 unspecified atom stereocenters. The number of hydrogen-bond acceptors (Lipinski definition) is 3. The van der Waals surface area contributed by atoms with Crippen LogP contribution < -0.4 is 16.4 Å². The molecule has 2 atom stereocenters. The van der Waals surface area contributed by atoms with Crippen molar-refractivity contribution in [1.29, 1.82) is 0 Å². The van der Waals surface area contributed by atoms with Crippen molar-refractivity contribution in [2.24, 2.45) is 5.73 Å². The van der Waals surface area contributed by atoms with Gasteiger partial charge in [-0.05, 0) is 42.7 Å². The van der Waals surface area contributed by atoms with Gasteiger partial charge in [-0.2, -0.15) is 0 Å². The maximum atomic E-state index is 14.1. The topological polar surface area (TPSA) is 84.2 Å². The molecule has 8 heteroatoms. The summed E-state index contributed by atoms with van der Waals surface area (Å²) in [7, 11) is 1.51. The first-order valence-electron chi connectivity index (χ1n) is 9.02. The molecule has 0 bridgehead atoms. The van der Waals surface area contributed by atoms with Crippen LogP contribution in [0.4, 0.5) is 18.9 Å². The normalized spacial score (nSPS) is 18.7. The summed E-state index contributed by atoms with van der Waals surface area (Å²) < 4.78 is 40.7. The fraction of sp³-hybridized carbons (Fsp3) is 0.238. The van der Waals surface area contributed by atoms with Gasteiger partial charge in [-0.15, -0.1) is 0 Å². The van der Waals surface area contributed by atoms with Crippen LogP contribution in [-0.2, 0) is 4.79 Å². The van der Waals surface area contributed by atoms with Gasteiger partial charge in [0.1, 0.15) is 5.82 Å². The molecule has 1 aliphatic rings. The fourth-order valence-electron chi connectivity index (χ4n) is 3.38. The van der Waals surface area contributed by atoms with E-state index in [-0.39, 0.29) is 24.3 Å². The number of carbonyl (C=O) groups excluding carboxylic acids is 2. The summed E-state index contributed by atoms with van der Waals surface area (Å²) in [5.41, 5.74) is 7.35. The Morgan fingerprint density at radius 2 is 1.76 bits per heavy atom. The molecule has 0 saturated heterocycles. The third-order valence-electron chi connectivity index (χ3n) is 4.93. The first-order chi connectivity index (χ1) is 13.8. The van der Waals surface area contributed by atoms with Gasteiger partial charge in [0.05, 0.1) is 0 Å². The predicted octanol–water partition coefficient (Wildman–Crippen LogP) is 3.23. The number of rotatable bonds is 4. The van der Waals surface area contributed by atoms with E-state index in [0.717, 1.165) is 6.07 Å². The highest BCUT2D eigenvalue weighted by Crippen LogP contribution is 2.34. The molecule has 0 spiro atoms. The fourth-order valence-corrected chi connectivity index (χ4v) is 3.38. The molecule has 0 saturated carbocycles. The molecule has 3 rings (SSSR count). The smallest absolute Gasteiger partial charge is 0.251 e. The van der Waals surface area contributed by atoms with E-state index in [0.29, 0.717) is 22.9 Å². The summed E-state index contributed by atoms with van der Waals surface area (Å²) in [5, 5.41) is 5.21. The number of halogens is 3. The van der Waals surface area contributed by atoms with E-state index in [2.05, 4.69) is 10.6 Å². The van der Waals surface area contributed by atoms with E-state index < -0.39 is 35.3 Å². The molecule has 0 aromatic heterocycles. The number of anilines is 1. The van der Waals surface area contributed by atoms with Gasteiger partial charge in [0.2, 0.25) is 0 Å². The number of amides is 2. The summed E-state index contributed by atoms with van der Waals surface area (Å²) in [6.45, 7) is 0. The Morgan fingerprint density at radius 1 is 1.03 bits per heavy atom. The van der Waals surface area contributed by atoms with E-state index in [1.165, 1.54) is 7.05 Å². The average Bonchev–Trinajstić information content (AvgIpc) is 2.70. The molecule has 2 aromatic carbocycles. The van der Waals surface area contributed by atoms with Crippen molar-refractivity contribution < 1.29 is 22.8 Å². The van der Waals surface area contributed by atoms with Crippen molar-refractivity contribution >= 4 is 17.5 Å². The van der Waals surface area contributed by atoms with Crippen LogP contribution in [0.3, 0.4) is 0 Å². The van der Waals surface area contributed by atoms with Gasteiger partial charge in [0.15, 0.2) is 11.6 Å². The Hall–Kier alpha value is -3.13. The molecule has 4 N–H and O–H groups in total. The lowest BCUT2D eigenvalue weighted by Gasteiger charge is -2.29. The summed E-state index contributed by atoms with van der Waals surface area (Å²) >= 11 is 0. The lowest BCUT2D eigenvalue weighted by molar-refractivity contribution is -0.113. The molecule has 0 heterocycles. The average molecular weight is 403 g/mol. The van der Waals surface area contributed by atoms with E-state index in [4.69, 9.17) is 5.73 Å². The Kier molecular flexibility index (Phi) is 6.03. The standard InChI is InChI=1S/C21H20F3N3O2/c1-26-20(28)11-3-2-4-13(7-11)27-21(29)12-5-6-14(19(25)8-12)15-9-17(23)18(24)10-16(15)22/h2-5,7,9-10,14,19H,6,8,25H2,1H3,(H,26,28)(H,27,29)/t14-,19+/m1/s1. The lowest BCUT2D eigenvalue weighted by Crippen LogP contribution is -2.34. The zero-order valence-electron chi connectivity index (χ0n) is 15.6. The molecule has 2 aromatic rings. The molecule has 1 aliphatic carbocycles. The van der Waals surface area contributed by atoms with E-state index >= 15 is 0 Å². The monoisotopic (exact) mass is 403 g/mol. The summed E-state index contributed by atoms with van der Waals surface area (Å²) in [6.07, 6.45) is 1.97. The lowest BCUT2D eigenvalue weighted by atomic mass is 9.80. The maximum Gasteiger partial charge on any atom is 0.251 e. The number of carbonyl (C=O) groups is 2. The first-order valence-corrected chi connectivity index (χ1v) is 9.02. The largest absolute Gasteiger partial charge is 0.355 e. The number of benzene rings is 2. The highest BCUT2D eigenvalue weighted by Gasteiger charge is 2.29. The molecular weight excluding hydrogens is 383 g/mol. The summed E-state index contributed by atoms with van der Waals surface area (Å²) in [6, 6.07) is 7.12. The minimum atomic E-state index is -1.26. The molecule has 0 radical (unpaired) electrons. The number of nitrogens with two attached hydrogens (primary N) is 1. The van der Waals surface area contributed by atoms with Crippen LogP contribution in [0.1, 0.15) is 34.7 Å². The van der Waals surface area contributed by atoms with Crippen molar-refractivity contribution in [2.45, 2.75) is 24.8 Å². The third-order valence-corrected chi connectivity index (χ3v) is 4.93. The SMILES string of the molecule is CNC(=O)c1cccc(NC(=O)C2=CC[C@H](c3cc(F)c(F)cc3F)[C@@H](N)C2)c1. The van der Waals surface area contributed by atoms with Crippen LogP contribution >= 0.6 is 0 Å². The van der Waals surface area contributed by atoms with Crippen molar-refractivity contribution in [3.63, 3.8) is 0 Å². The Bertz CT molecular complexity index is 991. The van der Waals surface area contributed by atoms with Gasteiger partial charge in [-0.3, -0.25) is 9.59 Å². The van der Waals surface area contributed by atoms with Crippen LogP contribution in [0.2, 0.25) is 0 Å². The van der Waals surface area contributed by atoms with Crippen molar-refractivity contribution in [1.82, 2.24) is 5.32 Å².